The summed E-state index contributed by atoms with van der Waals surface area (Å²) in [5.41, 5.74) is 1.85. The van der Waals surface area contributed by atoms with Crippen molar-refractivity contribution < 1.29 is 23.9 Å². The normalized spacial score (nSPS) is 13.2. The molecule has 0 spiro atoms. The fraction of sp³-hybridized carbons (Fsp3) is 0.536. The quantitative estimate of drug-likeness (QED) is 0.110. The van der Waals surface area contributed by atoms with E-state index in [9.17, 15) is 14.4 Å². The molecule has 0 bridgehead atoms. The number of aldehydes is 1. The van der Waals surface area contributed by atoms with Crippen LogP contribution in [-0.2, 0) is 23.9 Å². The summed E-state index contributed by atoms with van der Waals surface area (Å²) in [7, 11) is 0. The third-order valence-corrected chi connectivity index (χ3v) is 5.31. The molecule has 0 saturated carbocycles. The second kappa shape index (κ2) is 17.8. The predicted molar refractivity (Wildman–Crippen MR) is 133 cm³/mol. The maximum absolute atomic E-state index is 11.6. The fourth-order valence-electron chi connectivity index (χ4n) is 3.70. The van der Waals surface area contributed by atoms with Crippen LogP contribution in [0.1, 0.15) is 102 Å². The lowest BCUT2D eigenvalue weighted by atomic mass is 9.98. The summed E-state index contributed by atoms with van der Waals surface area (Å²) >= 11 is 0. The molecule has 0 radical (unpaired) electrons. The van der Waals surface area contributed by atoms with Crippen LogP contribution in [0.15, 0.2) is 42.5 Å². The van der Waals surface area contributed by atoms with Crippen molar-refractivity contribution in [3.8, 4) is 0 Å². The number of esters is 2. The third kappa shape index (κ3) is 13.5. The molecule has 0 N–H and O–H groups in total. The van der Waals surface area contributed by atoms with Gasteiger partial charge in [0.1, 0.15) is 18.5 Å². The van der Waals surface area contributed by atoms with Gasteiger partial charge in [0, 0.05) is 20.3 Å². The van der Waals surface area contributed by atoms with Gasteiger partial charge >= 0.3 is 11.9 Å². The number of carbonyl (C=O) groups is 3. The molecule has 182 valence electrons. The Bertz CT molecular complexity index is 765. The summed E-state index contributed by atoms with van der Waals surface area (Å²) in [6.45, 7) is 5.04. The molecule has 2 unspecified atom stereocenters. The molecule has 1 aromatic carbocycles. The average Bonchev–Trinajstić information content (AvgIpc) is 2.78. The summed E-state index contributed by atoms with van der Waals surface area (Å²) in [5, 5.41) is 0. The van der Waals surface area contributed by atoms with Gasteiger partial charge in [0.15, 0.2) is 0 Å². The van der Waals surface area contributed by atoms with E-state index < -0.39 is 6.10 Å². The number of carbonyl (C=O) groups excluding carboxylic acids is 3. The number of hydrogen-bond acceptors (Lipinski definition) is 5. The topological polar surface area (TPSA) is 69.7 Å². The third-order valence-electron chi connectivity index (χ3n) is 5.31. The van der Waals surface area contributed by atoms with E-state index in [4.69, 9.17) is 9.47 Å². The van der Waals surface area contributed by atoms with Gasteiger partial charge in [0.25, 0.3) is 0 Å². The maximum atomic E-state index is 11.6. The van der Waals surface area contributed by atoms with E-state index in [0.29, 0.717) is 19.3 Å². The van der Waals surface area contributed by atoms with Crippen molar-refractivity contribution >= 4 is 24.3 Å². The van der Waals surface area contributed by atoms with Crippen LogP contribution in [0, 0.1) is 0 Å². The van der Waals surface area contributed by atoms with Crippen LogP contribution >= 0.6 is 0 Å². The second-order valence-corrected chi connectivity index (χ2v) is 8.27. The van der Waals surface area contributed by atoms with E-state index >= 15 is 0 Å². The predicted octanol–water partition coefficient (Wildman–Crippen LogP) is 6.91. The highest BCUT2D eigenvalue weighted by Gasteiger charge is 2.17. The molecule has 1 rings (SSSR count). The van der Waals surface area contributed by atoms with Crippen molar-refractivity contribution in [3.63, 3.8) is 0 Å². The average molecular weight is 457 g/mol. The number of benzene rings is 1. The van der Waals surface area contributed by atoms with E-state index in [-0.39, 0.29) is 18.0 Å². The van der Waals surface area contributed by atoms with Crippen LogP contribution in [-0.4, -0.2) is 24.3 Å². The van der Waals surface area contributed by atoms with Crippen LogP contribution in [0.4, 0.5) is 0 Å². The van der Waals surface area contributed by atoms with Crippen molar-refractivity contribution in [1.82, 2.24) is 0 Å². The summed E-state index contributed by atoms with van der Waals surface area (Å²) in [4.78, 5) is 33.7. The Kier molecular flexibility index (Phi) is 15.3. The van der Waals surface area contributed by atoms with Crippen molar-refractivity contribution in [1.29, 1.82) is 0 Å². The SMILES string of the molecule is CCCCCCCCC(/C=C/C=C/c1ccccc1C(CCCC=O)OC(C)=O)OC(C)=O. The Hall–Kier alpha value is -2.69. The molecule has 0 aromatic heterocycles. The van der Waals surface area contributed by atoms with E-state index in [0.717, 1.165) is 36.7 Å². The molecule has 33 heavy (non-hydrogen) atoms. The molecular formula is C28H40O5. The van der Waals surface area contributed by atoms with Crippen LogP contribution in [0.3, 0.4) is 0 Å². The van der Waals surface area contributed by atoms with Crippen molar-refractivity contribution in [2.75, 3.05) is 0 Å². The molecule has 0 amide bonds. The van der Waals surface area contributed by atoms with Gasteiger partial charge in [-0.05, 0) is 42.9 Å². The molecule has 0 fully saturated rings. The van der Waals surface area contributed by atoms with Gasteiger partial charge in [-0.1, -0.05) is 81.5 Å². The van der Waals surface area contributed by atoms with Crippen molar-refractivity contribution in [2.24, 2.45) is 0 Å². The standard InChI is InChI=1S/C28H40O5/c1-4-5-6-7-8-9-18-26(32-23(2)30)19-12-10-16-25-17-11-13-20-27(25)28(33-24(3)31)21-14-15-22-29/h10-13,16-17,19-20,22,26,28H,4-9,14-15,18,21H2,1-3H3/b16-10+,19-12+. The van der Waals surface area contributed by atoms with E-state index in [1.165, 1.54) is 39.5 Å². The Morgan fingerprint density at radius 1 is 0.879 bits per heavy atom. The molecular weight excluding hydrogens is 416 g/mol. The van der Waals surface area contributed by atoms with E-state index in [1.54, 1.807) is 0 Å². The minimum absolute atomic E-state index is 0.231. The minimum Gasteiger partial charge on any atom is -0.458 e. The molecule has 5 nitrogen and oxygen atoms in total. The molecule has 0 saturated heterocycles. The second-order valence-electron chi connectivity index (χ2n) is 8.27. The highest BCUT2D eigenvalue weighted by Crippen LogP contribution is 2.27. The highest BCUT2D eigenvalue weighted by molar-refractivity contribution is 5.67. The van der Waals surface area contributed by atoms with Crippen molar-refractivity contribution in [3.05, 3.63) is 53.6 Å². The van der Waals surface area contributed by atoms with Crippen LogP contribution in [0.5, 0.6) is 0 Å². The van der Waals surface area contributed by atoms with E-state index in [2.05, 4.69) is 6.92 Å². The lowest BCUT2D eigenvalue weighted by Crippen LogP contribution is -2.13. The van der Waals surface area contributed by atoms with Crippen LogP contribution < -0.4 is 0 Å². The zero-order valence-electron chi connectivity index (χ0n) is 20.5. The monoisotopic (exact) mass is 456 g/mol. The lowest BCUT2D eigenvalue weighted by Gasteiger charge is -2.19. The summed E-state index contributed by atoms with van der Waals surface area (Å²) < 4.78 is 11.0. The first kappa shape index (κ1) is 28.3. The Morgan fingerprint density at radius 2 is 1.58 bits per heavy atom. The number of allylic oxidation sites excluding steroid dienone is 2. The highest BCUT2D eigenvalue weighted by atomic mass is 16.5. The van der Waals surface area contributed by atoms with Crippen molar-refractivity contribution in [2.45, 2.75) is 97.2 Å². The number of hydrogen-bond donors (Lipinski definition) is 0. The van der Waals surface area contributed by atoms with Gasteiger partial charge in [-0.2, -0.15) is 0 Å². The van der Waals surface area contributed by atoms with Crippen LogP contribution in [0.25, 0.3) is 6.08 Å². The zero-order chi connectivity index (χ0) is 24.3. The first-order valence-corrected chi connectivity index (χ1v) is 12.2. The molecule has 0 aliphatic carbocycles. The molecule has 1 aromatic rings. The molecule has 0 aliphatic heterocycles. The first-order valence-electron chi connectivity index (χ1n) is 12.2. The number of rotatable bonds is 17. The Labute approximate surface area is 199 Å². The van der Waals surface area contributed by atoms with Gasteiger partial charge in [0.2, 0.25) is 0 Å². The molecule has 2 atom stereocenters. The van der Waals surface area contributed by atoms with Gasteiger partial charge in [0.05, 0.1) is 0 Å². The minimum atomic E-state index is -0.395. The molecule has 0 heterocycles. The lowest BCUT2D eigenvalue weighted by molar-refractivity contribution is -0.147. The Balaban J connectivity index is 2.80. The van der Waals surface area contributed by atoms with Gasteiger partial charge in [-0.15, -0.1) is 0 Å². The number of ether oxygens (including phenoxy) is 2. The first-order chi connectivity index (χ1) is 16.0. The molecule has 5 heteroatoms. The Morgan fingerprint density at radius 3 is 2.27 bits per heavy atom. The summed E-state index contributed by atoms with van der Waals surface area (Å²) in [6.07, 6.45) is 17.6. The van der Waals surface area contributed by atoms with Gasteiger partial charge < -0.3 is 14.3 Å². The largest absolute Gasteiger partial charge is 0.458 e. The van der Waals surface area contributed by atoms with E-state index in [1.807, 2.05) is 48.6 Å². The fourth-order valence-corrected chi connectivity index (χ4v) is 3.70. The zero-order valence-corrected chi connectivity index (χ0v) is 20.5. The van der Waals surface area contributed by atoms with Gasteiger partial charge in [-0.3, -0.25) is 9.59 Å². The van der Waals surface area contributed by atoms with Crippen LogP contribution in [0.2, 0.25) is 0 Å². The molecule has 0 aliphatic rings. The smallest absolute Gasteiger partial charge is 0.303 e. The summed E-state index contributed by atoms with van der Waals surface area (Å²) in [5.74, 6) is -0.617. The maximum Gasteiger partial charge on any atom is 0.303 e. The van der Waals surface area contributed by atoms with Gasteiger partial charge in [-0.25, -0.2) is 0 Å². The number of unbranched alkanes of at least 4 members (excludes halogenated alkanes) is 6. The summed E-state index contributed by atoms with van der Waals surface area (Å²) in [6, 6.07) is 7.76.